The van der Waals surface area contributed by atoms with Crippen molar-refractivity contribution in [3.63, 3.8) is 0 Å². The van der Waals surface area contributed by atoms with Gasteiger partial charge in [-0.1, -0.05) is 58.8 Å². The number of aryl methyl sites for hydroxylation is 2. The average Bonchev–Trinajstić information content (AvgIpc) is 3.16. The molecule has 0 radical (unpaired) electrons. The van der Waals surface area contributed by atoms with Gasteiger partial charge in [0.05, 0.1) is 17.3 Å². The fraction of sp³-hybridized carbons (Fsp3) is 0.182. The zero-order chi connectivity index (χ0) is 22.0. The molecule has 0 fully saturated rings. The van der Waals surface area contributed by atoms with Crippen molar-refractivity contribution in [2.45, 2.75) is 20.4 Å². The van der Waals surface area contributed by atoms with Crippen molar-refractivity contribution >= 4 is 33.8 Å². The SMILES string of the molecule is Cc1ccc(OCC(=O)NCc2cc(=O)n3nc(-c4ccccc4Cl)sc3n2)c(C)c1. The Bertz CT molecular complexity index is 1330. The molecule has 4 rings (SSSR count). The number of hydrogen-bond donors (Lipinski definition) is 1. The van der Waals surface area contributed by atoms with E-state index < -0.39 is 0 Å². The first kappa shape index (κ1) is 21.0. The lowest BCUT2D eigenvalue weighted by Crippen LogP contribution is -2.29. The minimum Gasteiger partial charge on any atom is -0.484 e. The highest BCUT2D eigenvalue weighted by Crippen LogP contribution is 2.30. The maximum Gasteiger partial charge on any atom is 0.275 e. The van der Waals surface area contributed by atoms with Crippen molar-refractivity contribution in [2.24, 2.45) is 0 Å². The Kier molecular flexibility index (Phi) is 6.01. The predicted octanol–water partition coefficient (Wildman–Crippen LogP) is 3.78. The number of nitrogens with zero attached hydrogens (tertiary/aromatic N) is 3. The number of hydrogen-bond acceptors (Lipinski definition) is 6. The van der Waals surface area contributed by atoms with Crippen molar-refractivity contribution in [3.05, 3.63) is 80.7 Å². The molecule has 31 heavy (non-hydrogen) atoms. The average molecular weight is 455 g/mol. The van der Waals surface area contributed by atoms with E-state index >= 15 is 0 Å². The topological polar surface area (TPSA) is 85.6 Å². The van der Waals surface area contributed by atoms with Crippen LogP contribution in [0.3, 0.4) is 0 Å². The van der Waals surface area contributed by atoms with E-state index in [4.69, 9.17) is 16.3 Å². The summed E-state index contributed by atoms with van der Waals surface area (Å²) in [6.07, 6.45) is 0. The molecular weight excluding hydrogens is 436 g/mol. The third-order valence-electron chi connectivity index (χ3n) is 4.56. The van der Waals surface area contributed by atoms with Crippen LogP contribution in [-0.2, 0) is 11.3 Å². The van der Waals surface area contributed by atoms with Crippen molar-refractivity contribution in [3.8, 4) is 16.3 Å². The number of carbonyl (C=O) groups is 1. The summed E-state index contributed by atoms with van der Waals surface area (Å²) in [6.45, 7) is 3.91. The van der Waals surface area contributed by atoms with Crippen molar-refractivity contribution in [1.82, 2.24) is 19.9 Å². The highest BCUT2D eigenvalue weighted by atomic mass is 35.5. The molecule has 2 heterocycles. The van der Waals surface area contributed by atoms with Crippen molar-refractivity contribution in [2.75, 3.05) is 6.61 Å². The maximum absolute atomic E-state index is 12.4. The van der Waals surface area contributed by atoms with Gasteiger partial charge in [-0.15, -0.1) is 0 Å². The summed E-state index contributed by atoms with van der Waals surface area (Å²) in [5, 5.41) is 8.20. The van der Waals surface area contributed by atoms with Gasteiger partial charge in [0.15, 0.2) is 6.61 Å². The molecular formula is C22H19ClN4O3S. The normalized spacial score (nSPS) is 10.9. The van der Waals surface area contributed by atoms with E-state index in [2.05, 4.69) is 15.4 Å². The fourth-order valence-corrected chi connectivity index (χ4v) is 4.28. The number of benzene rings is 2. The van der Waals surface area contributed by atoms with Gasteiger partial charge in [0.1, 0.15) is 10.8 Å². The molecule has 0 aliphatic rings. The van der Waals surface area contributed by atoms with Crippen molar-refractivity contribution < 1.29 is 9.53 Å². The lowest BCUT2D eigenvalue weighted by molar-refractivity contribution is -0.123. The van der Waals surface area contributed by atoms with Crippen LogP contribution in [0.1, 0.15) is 16.8 Å². The predicted molar refractivity (Wildman–Crippen MR) is 121 cm³/mol. The second kappa shape index (κ2) is 8.87. The number of aromatic nitrogens is 3. The summed E-state index contributed by atoms with van der Waals surface area (Å²) in [5.74, 6) is 0.360. The molecule has 9 heteroatoms. The van der Waals surface area contributed by atoms with Gasteiger partial charge < -0.3 is 10.1 Å². The molecule has 0 spiro atoms. The molecule has 4 aromatic rings. The summed E-state index contributed by atoms with van der Waals surface area (Å²) in [6, 6.07) is 14.4. The van der Waals surface area contributed by atoms with Crippen LogP contribution >= 0.6 is 22.9 Å². The van der Waals surface area contributed by atoms with Crippen LogP contribution < -0.4 is 15.6 Å². The van der Waals surface area contributed by atoms with E-state index in [0.29, 0.717) is 26.4 Å². The van der Waals surface area contributed by atoms with Gasteiger partial charge in [0.2, 0.25) is 4.96 Å². The molecule has 0 saturated heterocycles. The summed E-state index contributed by atoms with van der Waals surface area (Å²) in [4.78, 5) is 29.5. The Hall–Kier alpha value is -3.23. The first-order valence-electron chi connectivity index (χ1n) is 9.52. The Labute approximate surface area is 187 Å². The molecule has 0 aliphatic carbocycles. The van der Waals surface area contributed by atoms with Gasteiger partial charge in [-0.2, -0.15) is 9.61 Å². The van der Waals surface area contributed by atoms with Crippen LogP contribution in [0.2, 0.25) is 5.02 Å². The zero-order valence-electron chi connectivity index (χ0n) is 16.9. The number of amides is 1. The van der Waals surface area contributed by atoms with E-state index in [1.807, 2.05) is 50.2 Å². The number of ether oxygens (including phenoxy) is 1. The lowest BCUT2D eigenvalue weighted by Gasteiger charge is -2.10. The van der Waals surface area contributed by atoms with Crippen LogP contribution in [-0.4, -0.2) is 27.1 Å². The Morgan fingerprint density at radius 3 is 2.77 bits per heavy atom. The number of rotatable bonds is 6. The molecule has 7 nitrogen and oxygen atoms in total. The van der Waals surface area contributed by atoms with Crippen LogP contribution in [0.15, 0.2) is 53.3 Å². The van der Waals surface area contributed by atoms with Gasteiger partial charge in [-0.25, -0.2) is 4.98 Å². The lowest BCUT2D eigenvalue weighted by atomic mass is 10.1. The van der Waals surface area contributed by atoms with Gasteiger partial charge >= 0.3 is 0 Å². The third-order valence-corrected chi connectivity index (χ3v) is 5.83. The Morgan fingerprint density at radius 1 is 1.19 bits per heavy atom. The molecule has 1 amide bonds. The minimum atomic E-state index is -0.324. The number of nitrogens with one attached hydrogen (secondary N) is 1. The highest BCUT2D eigenvalue weighted by Gasteiger charge is 2.13. The van der Waals surface area contributed by atoms with Crippen LogP contribution in [0.5, 0.6) is 5.75 Å². The minimum absolute atomic E-state index is 0.111. The standard InChI is InChI=1S/C22H19ClN4O3S/c1-13-7-8-18(14(2)9-13)30-12-19(28)24-11-15-10-20(29)27-22(25-15)31-21(26-27)16-5-3-4-6-17(16)23/h3-10H,11-12H2,1-2H3,(H,24,28). The second-order valence-electron chi connectivity index (χ2n) is 7.00. The zero-order valence-corrected chi connectivity index (χ0v) is 18.5. The molecule has 0 unspecified atom stereocenters. The number of fused-ring (bicyclic) bond motifs is 1. The molecule has 0 saturated carbocycles. The Balaban J connectivity index is 1.44. The highest BCUT2D eigenvalue weighted by molar-refractivity contribution is 7.19. The quantitative estimate of drug-likeness (QED) is 0.479. The van der Waals surface area contributed by atoms with Crippen molar-refractivity contribution in [1.29, 1.82) is 0 Å². The van der Waals surface area contributed by atoms with E-state index in [0.717, 1.165) is 16.7 Å². The van der Waals surface area contributed by atoms with Crippen LogP contribution in [0, 0.1) is 13.8 Å². The molecule has 1 N–H and O–H groups in total. The third kappa shape index (κ3) is 4.76. The van der Waals surface area contributed by atoms with Gasteiger partial charge in [-0.05, 0) is 31.5 Å². The van der Waals surface area contributed by atoms with Gasteiger partial charge in [-0.3, -0.25) is 9.59 Å². The maximum atomic E-state index is 12.4. The van der Waals surface area contributed by atoms with Crippen LogP contribution in [0.4, 0.5) is 0 Å². The second-order valence-corrected chi connectivity index (χ2v) is 8.36. The first-order valence-corrected chi connectivity index (χ1v) is 10.7. The number of carbonyl (C=O) groups excluding carboxylic acids is 1. The smallest absolute Gasteiger partial charge is 0.275 e. The summed E-state index contributed by atoms with van der Waals surface area (Å²) < 4.78 is 6.81. The monoisotopic (exact) mass is 454 g/mol. The summed E-state index contributed by atoms with van der Waals surface area (Å²) in [7, 11) is 0. The van der Waals surface area contributed by atoms with Crippen LogP contribution in [0.25, 0.3) is 15.5 Å². The van der Waals surface area contributed by atoms with E-state index in [1.54, 1.807) is 6.07 Å². The van der Waals surface area contributed by atoms with E-state index in [1.165, 1.54) is 21.9 Å². The first-order chi connectivity index (χ1) is 14.9. The Morgan fingerprint density at radius 2 is 2.00 bits per heavy atom. The molecule has 2 aromatic carbocycles. The largest absolute Gasteiger partial charge is 0.484 e. The van der Waals surface area contributed by atoms with Gasteiger partial charge in [0.25, 0.3) is 11.5 Å². The molecule has 158 valence electrons. The molecule has 0 bridgehead atoms. The van der Waals surface area contributed by atoms with E-state index in [-0.39, 0.29) is 24.6 Å². The van der Waals surface area contributed by atoms with E-state index in [9.17, 15) is 9.59 Å². The molecule has 0 aliphatic heterocycles. The van der Waals surface area contributed by atoms with Gasteiger partial charge in [0, 0.05) is 11.6 Å². The molecule has 0 atom stereocenters. The molecule has 2 aromatic heterocycles. The summed E-state index contributed by atoms with van der Waals surface area (Å²) >= 11 is 7.49. The number of halogens is 1. The fourth-order valence-electron chi connectivity index (χ4n) is 3.04. The summed E-state index contributed by atoms with van der Waals surface area (Å²) in [5.41, 5.74) is 2.95.